The van der Waals surface area contributed by atoms with Gasteiger partial charge in [0.25, 0.3) is 11.8 Å². The molecular formula is C27H23N3O2. The third-order valence-corrected chi connectivity index (χ3v) is 5.63. The Bertz CT molecular complexity index is 1240. The second-order valence-corrected chi connectivity index (χ2v) is 7.72. The number of aryl methyl sites for hydroxylation is 1. The predicted molar refractivity (Wildman–Crippen MR) is 127 cm³/mol. The molecule has 1 aliphatic heterocycles. The van der Waals surface area contributed by atoms with Crippen LogP contribution in [0, 0.1) is 18.3 Å². The summed E-state index contributed by atoms with van der Waals surface area (Å²) in [6.07, 6.45) is 3.09. The zero-order valence-electron chi connectivity index (χ0n) is 17.8. The summed E-state index contributed by atoms with van der Waals surface area (Å²) in [5.74, 6) is -0.284. The van der Waals surface area contributed by atoms with E-state index in [-0.39, 0.29) is 11.8 Å². The van der Waals surface area contributed by atoms with Crippen LogP contribution in [0.2, 0.25) is 0 Å². The van der Waals surface area contributed by atoms with E-state index in [1.54, 1.807) is 41.3 Å². The monoisotopic (exact) mass is 421 g/mol. The molecule has 1 heterocycles. The number of nitrogens with zero attached hydrogens (tertiary/aromatic N) is 2. The fraction of sp³-hybridized carbons (Fsp3) is 0.148. The number of para-hydroxylation sites is 1. The molecule has 3 aromatic rings. The van der Waals surface area contributed by atoms with Crippen LogP contribution in [0.5, 0.6) is 0 Å². The minimum atomic E-state index is -0.180. The van der Waals surface area contributed by atoms with Crippen molar-refractivity contribution in [2.24, 2.45) is 0 Å². The topological polar surface area (TPSA) is 73.2 Å². The minimum Gasteiger partial charge on any atom is -0.322 e. The van der Waals surface area contributed by atoms with Gasteiger partial charge in [-0.3, -0.25) is 9.59 Å². The maximum atomic E-state index is 13.3. The number of amides is 2. The lowest BCUT2D eigenvalue weighted by atomic mass is 10.0. The minimum absolute atomic E-state index is 0.104. The first kappa shape index (κ1) is 21.1. The highest BCUT2D eigenvalue weighted by molar-refractivity contribution is 6.09. The van der Waals surface area contributed by atoms with Crippen molar-refractivity contribution >= 4 is 28.8 Å². The molecule has 4 rings (SSSR count). The lowest BCUT2D eigenvalue weighted by molar-refractivity contribution is 0.0985. The van der Waals surface area contributed by atoms with Crippen molar-refractivity contribution in [2.75, 3.05) is 16.8 Å². The van der Waals surface area contributed by atoms with Gasteiger partial charge in [0.05, 0.1) is 11.8 Å². The molecule has 0 saturated carbocycles. The first-order chi connectivity index (χ1) is 15.6. The number of rotatable bonds is 3. The number of allylic oxidation sites excluding steroid dienone is 2. The SMILES string of the molecule is Cc1ccccc1C(=O)Nc1ccc(C(=O)N2CCC/C(=C\C#N)c3ccccc32)cc1. The highest BCUT2D eigenvalue weighted by Crippen LogP contribution is 2.34. The van der Waals surface area contributed by atoms with E-state index in [1.807, 2.05) is 49.4 Å². The van der Waals surface area contributed by atoms with Crippen molar-refractivity contribution in [1.29, 1.82) is 5.26 Å². The maximum Gasteiger partial charge on any atom is 0.258 e. The number of hydrogen-bond donors (Lipinski definition) is 1. The molecule has 32 heavy (non-hydrogen) atoms. The molecule has 2 amide bonds. The quantitative estimate of drug-likeness (QED) is 0.560. The summed E-state index contributed by atoms with van der Waals surface area (Å²) in [7, 11) is 0. The van der Waals surface area contributed by atoms with Crippen LogP contribution in [-0.4, -0.2) is 18.4 Å². The van der Waals surface area contributed by atoms with Crippen molar-refractivity contribution in [1.82, 2.24) is 0 Å². The molecule has 0 fully saturated rings. The van der Waals surface area contributed by atoms with Crippen LogP contribution in [0.1, 0.15) is 44.7 Å². The number of fused-ring (bicyclic) bond motifs is 1. The van der Waals surface area contributed by atoms with Gasteiger partial charge in [0.15, 0.2) is 0 Å². The molecule has 1 N–H and O–H groups in total. The average molecular weight is 422 g/mol. The Balaban J connectivity index is 1.56. The van der Waals surface area contributed by atoms with Gasteiger partial charge in [-0.05, 0) is 67.3 Å². The van der Waals surface area contributed by atoms with E-state index in [0.717, 1.165) is 35.2 Å². The number of nitrogens with one attached hydrogen (secondary N) is 1. The van der Waals surface area contributed by atoms with Crippen molar-refractivity contribution < 1.29 is 9.59 Å². The number of carbonyl (C=O) groups is 2. The smallest absolute Gasteiger partial charge is 0.258 e. The lowest BCUT2D eigenvalue weighted by Gasteiger charge is -2.23. The molecule has 0 saturated heterocycles. The number of nitriles is 1. The van der Waals surface area contributed by atoms with Gasteiger partial charge >= 0.3 is 0 Å². The van der Waals surface area contributed by atoms with E-state index in [0.29, 0.717) is 23.4 Å². The summed E-state index contributed by atoms with van der Waals surface area (Å²) in [4.78, 5) is 27.7. The fourth-order valence-electron chi connectivity index (χ4n) is 3.98. The van der Waals surface area contributed by atoms with Gasteiger partial charge in [-0.15, -0.1) is 0 Å². The van der Waals surface area contributed by atoms with Gasteiger partial charge in [0, 0.05) is 35.0 Å². The van der Waals surface area contributed by atoms with E-state index in [4.69, 9.17) is 5.26 Å². The summed E-state index contributed by atoms with van der Waals surface area (Å²) >= 11 is 0. The molecule has 0 atom stereocenters. The Morgan fingerprint density at radius 2 is 1.72 bits per heavy atom. The average Bonchev–Trinajstić information content (AvgIpc) is 2.99. The second-order valence-electron chi connectivity index (χ2n) is 7.72. The molecule has 5 heteroatoms. The van der Waals surface area contributed by atoms with Crippen molar-refractivity contribution in [2.45, 2.75) is 19.8 Å². The highest BCUT2D eigenvalue weighted by Gasteiger charge is 2.24. The second kappa shape index (κ2) is 9.32. The van der Waals surface area contributed by atoms with Crippen LogP contribution in [-0.2, 0) is 0 Å². The zero-order valence-corrected chi connectivity index (χ0v) is 17.8. The van der Waals surface area contributed by atoms with Crippen molar-refractivity contribution in [3.05, 3.63) is 101 Å². The molecule has 0 bridgehead atoms. The fourth-order valence-corrected chi connectivity index (χ4v) is 3.98. The molecule has 0 aliphatic carbocycles. The molecule has 0 radical (unpaired) electrons. The molecule has 0 spiro atoms. The number of anilines is 2. The van der Waals surface area contributed by atoms with Crippen LogP contribution in [0.3, 0.4) is 0 Å². The van der Waals surface area contributed by atoms with E-state index < -0.39 is 0 Å². The van der Waals surface area contributed by atoms with Gasteiger partial charge in [0.2, 0.25) is 0 Å². The van der Waals surface area contributed by atoms with E-state index in [1.165, 1.54) is 0 Å². The molecule has 158 valence electrons. The van der Waals surface area contributed by atoms with Gasteiger partial charge in [-0.25, -0.2) is 0 Å². The molecule has 3 aromatic carbocycles. The van der Waals surface area contributed by atoms with Crippen LogP contribution in [0.4, 0.5) is 11.4 Å². The Morgan fingerprint density at radius 1 is 1.00 bits per heavy atom. The van der Waals surface area contributed by atoms with Crippen LogP contribution in [0.15, 0.2) is 78.9 Å². The van der Waals surface area contributed by atoms with Crippen LogP contribution in [0.25, 0.3) is 5.57 Å². The maximum absolute atomic E-state index is 13.3. The van der Waals surface area contributed by atoms with Gasteiger partial charge in [-0.1, -0.05) is 36.4 Å². The Hall–Kier alpha value is -4.17. The summed E-state index contributed by atoms with van der Waals surface area (Å²) in [5.41, 5.74) is 5.38. The summed E-state index contributed by atoms with van der Waals surface area (Å²) in [6.45, 7) is 2.47. The van der Waals surface area contributed by atoms with E-state index >= 15 is 0 Å². The summed E-state index contributed by atoms with van der Waals surface area (Å²) < 4.78 is 0. The highest BCUT2D eigenvalue weighted by atomic mass is 16.2. The lowest BCUT2D eigenvalue weighted by Crippen LogP contribution is -2.31. The Labute approximate surface area is 187 Å². The number of hydrogen-bond acceptors (Lipinski definition) is 3. The molecule has 0 aromatic heterocycles. The Kier molecular flexibility index (Phi) is 6.14. The molecule has 5 nitrogen and oxygen atoms in total. The van der Waals surface area contributed by atoms with Crippen LogP contribution < -0.4 is 10.2 Å². The van der Waals surface area contributed by atoms with Gasteiger partial charge < -0.3 is 10.2 Å². The first-order valence-electron chi connectivity index (χ1n) is 10.6. The van der Waals surface area contributed by atoms with Gasteiger partial charge in [-0.2, -0.15) is 5.26 Å². The largest absolute Gasteiger partial charge is 0.322 e. The molecular weight excluding hydrogens is 398 g/mol. The van der Waals surface area contributed by atoms with Crippen molar-refractivity contribution in [3.63, 3.8) is 0 Å². The molecule has 1 aliphatic rings. The standard InChI is InChI=1S/C27H23N3O2/c1-19-7-2-3-9-23(19)26(31)29-22-14-12-21(13-15-22)27(32)30-18-6-8-20(16-17-28)24-10-4-5-11-25(24)30/h2-5,7,9-16H,6,8,18H2,1H3,(H,29,31)/b20-16+. The normalized spacial score (nSPS) is 14.2. The zero-order chi connectivity index (χ0) is 22.5. The number of carbonyl (C=O) groups excluding carboxylic acids is 2. The first-order valence-corrected chi connectivity index (χ1v) is 10.6. The third kappa shape index (κ3) is 4.30. The molecule has 0 unspecified atom stereocenters. The van der Waals surface area contributed by atoms with Crippen molar-refractivity contribution in [3.8, 4) is 6.07 Å². The summed E-state index contributed by atoms with van der Waals surface area (Å²) in [5, 5.41) is 12.0. The summed E-state index contributed by atoms with van der Waals surface area (Å²) in [6, 6.07) is 24.2. The third-order valence-electron chi connectivity index (χ3n) is 5.63. The van der Waals surface area contributed by atoms with E-state index in [2.05, 4.69) is 11.4 Å². The predicted octanol–water partition coefficient (Wildman–Crippen LogP) is 5.59. The van der Waals surface area contributed by atoms with E-state index in [9.17, 15) is 9.59 Å². The van der Waals surface area contributed by atoms with Gasteiger partial charge in [0.1, 0.15) is 0 Å². The Morgan fingerprint density at radius 3 is 2.47 bits per heavy atom. The number of benzene rings is 3. The van der Waals surface area contributed by atoms with Crippen LogP contribution >= 0.6 is 0 Å².